The molecule has 0 spiro atoms. The Morgan fingerprint density at radius 2 is 1.44 bits per heavy atom. The van der Waals surface area contributed by atoms with E-state index in [0.717, 1.165) is 0 Å². The Hall–Kier alpha value is -0.650. The SMILES string of the molecule is CCC(C(=O)O)C(O)O.CCN(CC)CC. The normalized spacial score (nSPS) is 12.2. The van der Waals surface area contributed by atoms with Gasteiger partial charge in [-0.05, 0) is 26.1 Å². The fourth-order valence-corrected chi connectivity index (χ4v) is 1.18. The molecule has 0 saturated carbocycles. The molecule has 0 aliphatic heterocycles. The van der Waals surface area contributed by atoms with E-state index in [1.54, 1.807) is 6.92 Å². The van der Waals surface area contributed by atoms with Crippen LogP contribution in [0.2, 0.25) is 0 Å². The highest BCUT2D eigenvalue weighted by Crippen LogP contribution is 2.05. The molecule has 1 atom stereocenters. The molecule has 0 aromatic heterocycles. The van der Waals surface area contributed by atoms with Gasteiger partial charge in [-0.2, -0.15) is 0 Å². The number of aliphatic hydroxyl groups excluding tert-OH is 1. The third-order valence-electron chi connectivity index (χ3n) is 2.46. The van der Waals surface area contributed by atoms with Crippen LogP contribution in [0, 0.1) is 5.92 Å². The van der Waals surface area contributed by atoms with E-state index in [1.807, 2.05) is 0 Å². The summed E-state index contributed by atoms with van der Waals surface area (Å²) in [4.78, 5) is 12.4. The van der Waals surface area contributed by atoms with Gasteiger partial charge in [-0.1, -0.05) is 27.7 Å². The van der Waals surface area contributed by atoms with Gasteiger partial charge in [-0.3, -0.25) is 4.79 Å². The lowest BCUT2D eigenvalue weighted by atomic mass is 10.1. The van der Waals surface area contributed by atoms with Crippen molar-refractivity contribution in [1.82, 2.24) is 4.90 Å². The number of aliphatic carboxylic acids is 1. The van der Waals surface area contributed by atoms with Gasteiger partial charge in [0.05, 0.1) is 0 Å². The zero-order valence-electron chi connectivity index (χ0n) is 10.7. The molecule has 98 valence electrons. The maximum atomic E-state index is 10.1. The molecular formula is C11H25NO4. The van der Waals surface area contributed by atoms with E-state index in [-0.39, 0.29) is 6.42 Å². The summed E-state index contributed by atoms with van der Waals surface area (Å²) < 4.78 is 0. The van der Waals surface area contributed by atoms with Crippen LogP contribution in [0.25, 0.3) is 0 Å². The smallest absolute Gasteiger partial charge is 0.311 e. The Morgan fingerprint density at radius 1 is 1.06 bits per heavy atom. The predicted molar refractivity (Wildman–Crippen MR) is 63.1 cm³/mol. The summed E-state index contributed by atoms with van der Waals surface area (Å²) in [6.45, 7) is 11.7. The van der Waals surface area contributed by atoms with E-state index in [1.165, 1.54) is 19.6 Å². The van der Waals surface area contributed by atoms with E-state index in [0.29, 0.717) is 0 Å². The van der Waals surface area contributed by atoms with Gasteiger partial charge in [0.25, 0.3) is 0 Å². The van der Waals surface area contributed by atoms with Crippen LogP contribution >= 0.6 is 0 Å². The van der Waals surface area contributed by atoms with Crippen molar-refractivity contribution in [3.05, 3.63) is 0 Å². The van der Waals surface area contributed by atoms with Crippen molar-refractivity contribution < 1.29 is 20.1 Å². The van der Waals surface area contributed by atoms with E-state index in [4.69, 9.17) is 15.3 Å². The largest absolute Gasteiger partial charge is 0.481 e. The first kappa shape index (κ1) is 17.7. The molecule has 0 heterocycles. The number of rotatable bonds is 6. The maximum absolute atomic E-state index is 10.1. The number of carboxylic acids is 1. The molecule has 0 fully saturated rings. The molecule has 0 aliphatic carbocycles. The molecule has 3 N–H and O–H groups in total. The summed E-state index contributed by atoms with van der Waals surface area (Å²) in [5.74, 6) is -2.22. The minimum absolute atomic E-state index is 0.229. The monoisotopic (exact) mass is 235 g/mol. The van der Waals surface area contributed by atoms with Gasteiger partial charge in [0.1, 0.15) is 5.92 Å². The maximum Gasteiger partial charge on any atom is 0.311 e. The van der Waals surface area contributed by atoms with Crippen LogP contribution in [-0.4, -0.2) is 52.1 Å². The van der Waals surface area contributed by atoms with Gasteiger partial charge in [0, 0.05) is 0 Å². The van der Waals surface area contributed by atoms with Crippen molar-refractivity contribution in [2.75, 3.05) is 19.6 Å². The number of carboxylic acid groups (broad SMARTS) is 1. The zero-order valence-corrected chi connectivity index (χ0v) is 10.7. The molecule has 16 heavy (non-hydrogen) atoms. The molecule has 0 radical (unpaired) electrons. The molecule has 0 amide bonds. The quantitative estimate of drug-likeness (QED) is 0.592. The number of hydrogen-bond acceptors (Lipinski definition) is 4. The van der Waals surface area contributed by atoms with Crippen molar-refractivity contribution in [3.8, 4) is 0 Å². The van der Waals surface area contributed by atoms with Gasteiger partial charge >= 0.3 is 5.97 Å². The fourth-order valence-electron chi connectivity index (χ4n) is 1.18. The van der Waals surface area contributed by atoms with Gasteiger partial charge in [0.15, 0.2) is 6.29 Å². The minimum Gasteiger partial charge on any atom is -0.481 e. The Morgan fingerprint density at radius 3 is 1.44 bits per heavy atom. The number of carbonyl (C=O) groups is 1. The molecule has 0 aliphatic rings. The molecule has 0 aromatic rings. The summed E-state index contributed by atoms with van der Waals surface area (Å²) in [7, 11) is 0. The molecule has 1 unspecified atom stereocenters. The highest BCUT2D eigenvalue weighted by Gasteiger charge is 2.21. The summed E-state index contributed by atoms with van der Waals surface area (Å²) in [6.07, 6.45) is -1.51. The lowest BCUT2D eigenvalue weighted by Gasteiger charge is -2.13. The first-order valence-corrected chi connectivity index (χ1v) is 5.75. The summed E-state index contributed by atoms with van der Waals surface area (Å²) in [5.41, 5.74) is 0. The Balaban J connectivity index is 0. The van der Waals surface area contributed by atoms with E-state index in [9.17, 15) is 4.79 Å². The highest BCUT2D eigenvalue weighted by molar-refractivity contribution is 5.70. The van der Waals surface area contributed by atoms with Crippen molar-refractivity contribution in [2.24, 2.45) is 5.92 Å². The fraction of sp³-hybridized carbons (Fsp3) is 0.909. The van der Waals surface area contributed by atoms with Crippen molar-refractivity contribution in [1.29, 1.82) is 0 Å². The highest BCUT2D eigenvalue weighted by atomic mass is 16.5. The van der Waals surface area contributed by atoms with Crippen molar-refractivity contribution in [3.63, 3.8) is 0 Å². The standard InChI is InChI=1S/C6H15N.C5H10O4/c1-4-7(5-2)6-3;1-2-3(4(6)7)5(8)9/h4-6H2,1-3H3;3-4,6-7H,2H2,1H3,(H,8,9). The topological polar surface area (TPSA) is 81.0 Å². The lowest BCUT2D eigenvalue weighted by Crippen LogP contribution is -2.26. The summed E-state index contributed by atoms with van der Waals surface area (Å²) in [5, 5.41) is 24.9. The third kappa shape index (κ3) is 8.64. The molecule has 5 nitrogen and oxygen atoms in total. The van der Waals surface area contributed by atoms with Crippen molar-refractivity contribution in [2.45, 2.75) is 40.4 Å². The van der Waals surface area contributed by atoms with Crippen LogP contribution in [0.1, 0.15) is 34.1 Å². The zero-order chi connectivity index (χ0) is 13.1. The molecule has 5 heteroatoms. The van der Waals surface area contributed by atoms with Crippen LogP contribution in [-0.2, 0) is 4.79 Å². The molecule has 0 aromatic carbocycles. The van der Waals surface area contributed by atoms with Crippen LogP contribution in [0.3, 0.4) is 0 Å². The van der Waals surface area contributed by atoms with Gasteiger partial charge < -0.3 is 20.2 Å². The van der Waals surface area contributed by atoms with Crippen LogP contribution in [0.5, 0.6) is 0 Å². The summed E-state index contributed by atoms with van der Waals surface area (Å²) >= 11 is 0. The van der Waals surface area contributed by atoms with Gasteiger partial charge in [-0.15, -0.1) is 0 Å². The minimum atomic E-state index is -1.74. The second kappa shape index (κ2) is 10.9. The molecule has 0 saturated heterocycles. The van der Waals surface area contributed by atoms with Crippen molar-refractivity contribution >= 4 is 5.97 Å². The van der Waals surface area contributed by atoms with Crippen LogP contribution < -0.4 is 0 Å². The average molecular weight is 235 g/mol. The predicted octanol–water partition coefficient (Wildman–Crippen LogP) is 0.756. The van der Waals surface area contributed by atoms with Gasteiger partial charge in [-0.25, -0.2) is 0 Å². The number of aliphatic hydroxyl groups is 2. The summed E-state index contributed by atoms with van der Waals surface area (Å²) in [6, 6.07) is 0. The van der Waals surface area contributed by atoms with Gasteiger partial charge in [0.2, 0.25) is 0 Å². The third-order valence-corrected chi connectivity index (χ3v) is 2.46. The molecular weight excluding hydrogens is 210 g/mol. The van der Waals surface area contributed by atoms with E-state index < -0.39 is 18.2 Å². The molecule has 0 rings (SSSR count). The second-order valence-electron chi connectivity index (χ2n) is 3.39. The second-order valence-corrected chi connectivity index (χ2v) is 3.39. The van der Waals surface area contributed by atoms with Crippen LogP contribution in [0.15, 0.2) is 0 Å². The number of hydrogen-bond donors (Lipinski definition) is 3. The van der Waals surface area contributed by atoms with E-state index in [2.05, 4.69) is 25.7 Å². The average Bonchev–Trinajstić information content (AvgIpc) is 2.21. The Kier molecular flexibility index (Phi) is 12.0. The Bertz CT molecular complexity index is 164. The van der Waals surface area contributed by atoms with Crippen LogP contribution in [0.4, 0.5) is 0 Å². The van der Waals surface area contributed by atoms with E-state index >= 15 is 0 Å². The lowest BCUT2D eigenvalue weighted by molar-refractivity contribution is -0.158. The first-order chi connectivity index (χ1) is 7.44. The molecule has 0 bridgehead atoms. The first-order valence-electron chi connectivity index (χ1n) is 5.75. The Labute approximate surface area is 97.7 Å². The number of nitrogens with zero attached hydrogens (tertiary/aromatic N) is 1.